The molecule has 0 aromatic heterocycles. The number of rotatable bonds is 3. The van der Waals surface area contributed by atoms with Gasteiger partial charge in [-0.3, -0.25) is 0 Å². The molecule has 0 spiro atoms. The minimum absolute atomic E-state index is 0.716. The zero-order chi connectivity index (χ0) is 8.43. The molecule has 0 radical (unpaired) electrons. The molecule has 0 unspecified atom stereocenters. The lowest BCUT2D eigenvalue weighted by atomic mass is 9.74. The topological polar surface area (TPSA) is 3.24 Å². The van der Waals surface area contributed by atoms with Gasteiger partial charge in [0.2, 0.25) is 0 Å². The molecule has 0 heterocycles. The van der Waals surface area contributed by atoms with E-state index in [1.54, 1.807) is 0 Å². The van der Waals surface area contributed by atoms with Gasteiger partial charge in [-0.1, -0.05) is 20.1 Å². The summed E-state index contributed by atoms with van der Waals surface area (Å²) in [5.41, 5.74) is 1.22. The second-order valence-corrected chi connectivity index (χ2v) is 3.56. The second kappa shape index (κ2) is 3.12. The van der Waals surface area contributed by atoms with E-state index in [4.69, 9.17) is 0 Å². The molecule has 0 aromatic rings. The van der Waals surface area contributed by atoms with E-state index in [0.717, 1.165) is 5.92 Å². The van der Waals surface area contributed by atoms with Crippen LogP contribution in [0.1, 0.15) is 19.8 Å². The lowest BCUT2D eigenvalue weighted by Gasteiger charge is -2.37. The maximum absolute atomic E-state index is 4.04. The van der Waals surface area contributed by atoms with Crippen molar-refractivity contribution in [1.29, 1.82) is 0 Å². The Morgan fingerprint density at radius 2 is 2.09 bits per heavy atom. The van der Waals surface area contributed by atoms with Gasteiger partial charge in [0.1, 0.15) is 0 Å². The van der Waals surface area contributed by atoms with Gasteiger partial charge in [-0.15, -0.1) is 0 Å². The monoisotopic (exact) mass is 151 g/mol. The van der Waals surface area contributed by atoms with Crippen LogP contribution in [0.2, 0.25) is 0 Å². The summed E-state index contributed by atoms with van der Waals surface area (Å²) in [6, 6.07) is 0. The minimum atomic E-state index is 0.716. The molecule has 0 saturated heterocycles. The molecule has 1 aliphatic carbocycles. The molecule has 1 aliphatic rings. The van der Waals surface area contributed by atoms with Crippen LogP contribution in [0.25, 0.3) is 0 Å². The molecule has 0 atom stereocenters. The molecule has 1 fully saturated rings. The van der Waals surface area contributed by atoms with Crippen LogP contribution in [0.4, 0.5) is 0 Å². The van der Waals surface area contributed by atoms with Crippen LogP contribution in [0.15, 0.2) is 25.1 Å². The first-order valence-corrected chi connectivity index (χ1v) is 4.19. The summed E-state index contributed by atoms with van der Waals surface area (Å²) in [4.78, 5) is 2.02. The van der Waals surface area contributed by atoms with Crippen molar-refractivity contribution in [3.8, 4) is 0 Å². The zero-order valence-electron chi connectivity index (χ0n) is 7.51. The second-order valence-electron chi connectivity index (χ2n) is 3.56. The fraction of sp³-hybridized carbons (Fsp3) is 0.600. The Hall–Kier alpha value is -0.720. The maximum Gasteiger partial charge on any atom is 0.0130 e. The van der Waals surface area contributed by atoms with E-state index in [9.17, 15) is 0 Å². The van der Waals surface area contributed by atoms with Gasteiger partial charge in [0.15, 0.2) is 0 Å². The van der Waals surface area contributed by atoms with Crippen LogP contribution >= 0.6 is 0 Å². The summed E-state index contributed by atoms with van der Waals surface area (Å²) in [6.45, 7) is 10.0. The van der Waals surface area contributed by atoms with Crippen LogP contribution in [0.5, 0.6) is 0 Å². The molecule has 0 aliphatic heterocycles. The Kier molecular flexibility index (Phi) is 2.38. The molecule has 0 bridgehead atoms. The van der Waals surface area contributed by atoms with Crippen LogP contribution in [0.3, 0.4) is 0 Å². The quantitative estimate of drug-likeness (QED) is 0.599. The predicted octanol–water partition coefficient (Wildman–Crippen LogP) is 2.62. The van der Waals surface area contributed by atoms with Gasteiger partial charge in [0.05, 0.1) is 0 Å². The van der Waals surface area contributed by atoms with Gasteiger partial charge >= 0.3 is 0 Å². The van der Waals surface area contributed by atoms with Gasteiger partial charge in [-0.05, 0) is 30.9 Å². The lowest BCUT2D eigenvalue weighted by Crippen LogP contribution is -2.28. The smallest absolute Gasteiger partial charge is 0.0130 e. The number of nitrogens with zero attached hydrogens (tertiary/aromatic N) is 1. The van der Waals surface area contributed by atoms with E-state index < -0.39 is 0 Å². The molecule has 1 saturated carbocycles. The lowest BCUT2D eigenvalue weighted by molar-refractivity contribution is 0.220. The molecular weight excluding hydrogens is 134 g/mol. The number of allylic oxidation sites excluding steroid dienone is 1. The maximum atomic E-state index is 4.04. The molecule has 1 heteroatoms. The van der Waals surface area contributed by atoms with Crippen molar-refractivity contribution in [3.63, 3.8) is 0 Å². The molecular formula is C10H17N. The van der Waals surface area contributed by atoms with E-state index in [0.29, 0.717) is 5.92 Å². The zero-order valence-corrected chi connectivity index (χ0v) is 7.51. The average Bonchev–Trinajstić information content (AvgIpc) is 1.96. The van der Waals surface area contributed by atoms with E-state index in [1.165, 1.54) is 18.5 Å². The molecule has 1 nitrogen and oxygen atoms in total. The van der Waals surface area contributed by atoms with Gasteiger partial charge in [-0.25, -0.2) is 0 Å². The van der Waals surface area contributed by atoms with E-state index in [2.05, 4.69) is 20.1 Å². The molecule has 1 rings (SSSR count). The third-order valence-corrected chi connectivity index (χ3v) is 2.57. The fourth-order valence-corrected chi connectivity index (χ4v) is 1.58. The van der Waals surface area contributed by atoms with Crippen LogP contribution in [-0.4, -0.2) is 11.9 Å². The highest BCUT2D eigenvalue weighted by atomic mass is 15.1. The first kappa shape index (κ1) is 8.38. The summed E-state index contributed by atoms with van der Waals surface area (Å²) in [5.74, 6) is 1.61. The van der Waals surface area contributed by atoms with Crippen molar-refractivity contribution in [1.82, 2.24) is 4.90 Å². The minimum Gasteiger partial charge on any atom is -0.355 e. The van der Waals surface area contributed by atoms with Crippen LogP contribution in [0, 0.1) is 11.8 Å². The Bertz CT molecular complexity index is 166. The van der Waals surface area contributed by atoms with Crippen molar-refractivity contribution in [2.75, 3.05) is 7.05 Å². The van der Waals surface area contributed by atoms with E-state index >= 15 is 0 Å². The van der Waals surface area contributed by atoms with Crippen molar-refractivity contribution >= 4 is 0 Å². The third kappa shape index (κ3) is 1.65. The van der Waals surface area contributed by atoms with Crippen molar-refractivity contribution in [2.45, 2.75) is 19.8 Å². The predicted molar refractivity (Wildman–Crippen MR) is 49.0 cm³/mol. The fourth-order valence-electron chi connectivity index (χ4n) is 1.58. The highest BCUT2D eigenvalue weighted by Gasteiger charge is 2.28. The number of hydrogen-bond acceptors (Lipinski definition) is 1. The summed E-state index contributed by atoms with van der Waals surface area (Å²) in [5, 5.41) is 0. The summed E-state index contributed by atoms with van der Waals surface area (Å²) in [7, 11) is 2.01. The van der Waals surface area contributed by atoms with Gasteiger partial charge < -0.3 is 4.90 Å². The molecule has 0 amide bonds. The Balaban J connectivity index is 2.37. The Morgan fingerprint density at radius 1 is 1.55 bits per heavy atom. The highest BCUT2D eigenvalue weighted by molar-refractivity contribution is 5.06. The average molecular weight is 151 g/mol. The SMILES string of the molecule is C=CN(C)C(=C)C1CC(C)C1. The molecule has 62 valence electrons. The number of hydrogen-bond donors (Lipinski definition) is 0. The van der Waals surface area contributed by atoms with Gasteiger partial charge in [0.25, 0.3) is 0 Å². The summed E-state index contributed by atoms with van der Waals surface area (Å²) in [6.07, 6.45) is 4.43. The molecule has 0 aromatic carbocycles. The Morgan fingerprint density at radius 3 is 2.45 bits per heavy atom. The van der Waals surface area contributed by atoms with Crippen LogP contribution in [-0.2, 0) is 0 Å². The molecule has 11 heavy (non-hydrogen) atoms. The van der Waals surface area contributed by atoms with Crippen molar-refractivity contribution in [2.24, 2.45) is 11.8 Å². The first-order valence-electron chi connectivity index (χ1n) is 4.19. The van der Waals surface area contributed by atoms with E-state index in [1.807, 2.05) is 18.1 Å². The van der Waals surface area contributed by atoms with Crippen molar-refractivity contribution in [3.05, 3.63) is 25.1 Å². The normalized spacial score (nSPS) is 28.9. The molecule has 0 N–H and O–H groups in total. The van der Waals surface area contributed by atoms with Gasteiger partial charge in [0, 0.05) is 12.7 Å². The third-order valence-electron chi connectivity index (χ3n) is 2.57. The summed E-state index contributed by atoms with van der Waals surface area (Å²) < 4.78 is 0. The van der Waals surface area contributed by atoms with E-state index in [-0.39, 0.29) is 0 Å². The summed E-state index contributed by atoms with van der Waals surface area (Å²) >= 11 is 0. The standard InChI is InChI=1S/C10H17N/c1-5-11(4)9(3)10-6-8(2)7-10/h5,8,10H,1,3,6-7H2,2,4H3. The van der Waals surface area contributed by atoms with Crippen LogP contribution < -0.4 is 0 Å². The first-order chi connectivity index (χ1) is 5.15. The highest BCUT2D eigenvalue weighted by Crippen LogP contribution is 2.38. The Labute approximate surface area is 69.4 Å². The largest absolute Gasteiger partial charge is 0.355 e. The van der Waals surface area contributed by atoms with Gasteiger partial charge in [-0.2, -0.15) is 0 Å². The van der Waals surface area contributed by atoms with Crippen molar-refractivity contribution < 1.29 is 0 Å².